The molecule has 2 aromatic carbocycles. The van der Waals surface area contributed by atoms with Crippen LogP contribution >= 0.6 is 0 Å². The number of halogens is 1. The Morgan fingerprint density at radius 3 is 2.40 bits per heavy atom. The van der Waals surface area contributed by atoms with Crippen molar-refractivity contribution < 1.29 is 4.39 Å². The first-order valence-electron chi connectivity index (χ1n) is 6.42. The molecule has 0 saturated carbocycles. The molecule has 0 aliphatic rings. The van der Waals surface area contributed by atoms with Gasteiger partial charge >= 0.3 is 0 Å². The monoisotopic (exact) mass is 267 g/mol. The van der Waals surface area contributed by atoms with Crippen molar-refractivity contribution in [3.05, 3.63) is 71.7 Å². The fourth-order valence-electron chi connectivity index (χ4n) is 2.01. The molecule has 100 valence electrons. The molecule has 1 heterocycles. The van der Waals surface area contributed by atoms with Gasteiger partial charge in [0, 0.05) is 5.56 Å². The van der Waals surface area contributed by atoms with Crippen LogP contribution in [0.15, 0.2) is 54.7 Å². The molecule has 0 N–H and O–H groups in total. The van der Waals surface area contributed by atoms with Crippen molar-refractivity contribution in [1.82, 2.24) is 15.0 Å². The van der Waals surface area contributed by atoms with Crippen molar-refractivity contribution in [2.75, 3.05) is 0 Å². The number of nitrogens with zero attached hydrogens (tertiary/aromatic N) is 3. The number of hydrogen-bond acceptors (Lipinski definition) is 2. The molecule has 0 atom stereocenters. The highest BCUT2D eigenvalue weighted by atomic mass is 19.1. The van der Waals surface area contributed by atoms with Gasteiger partial charge in [0.05, 0.1) is 12.7 Å². The molecule has 0 fully saturated rings. The van der Waals surface area contributed by atoms with Crippen LogP contribution in [0.4, 0.5) is 4.39 Å². The lowest BCUT2D eigenvalue weighted by Gasteiger charge is -2.00. The Kier molecular flexibility index (Phi) is 3.29. The van der Waals surface area contributed by atoms with Crippen molar-refractivity contribution in [1.29, 1.82) is 0 Å². The summed E-state index contributed by atoms with van der Waals surface area (Å²) in [4.78, 5) is 0. The van der Waals surface area contributed by atoms with E-state index in [9.17, 15) is 4.39 Å². The van der Waals surface area contributed by atoms with Gasteiger partial charge in [-0.3, -0.25) is 0 Å². The molecule has 0 aliphatic carbocycles. The summed E-state index contributed by atoms with van der Waals surface area (Å²) in [7, 11) is 0. The minimum absolute atomic E-state index is 0.229. The van der Waals surface area contributed by atoms with Crippen LogP contribution in [0.25, 0.3) is 11.3 Å². The summed E-state index contributed by atoms with van der Waals surface area (Å²) in [5, 5.41) is 8.27. The molecule has 0 radical (unpaired) electrons. The summed E-state index contributed by atoms with van der Waals surface area (Å²) in [6.07, 6.45) is 1.90. The Labute approximate surface area is 116 Å². The third kappa shape index (κ3) is 2.74. The average Bonchev–Trinajstić information content (AvgIpc) is 2.91. The maximum absolute atomic E-state index is 12.8. The van der Waals surface area contributed by atoms with Crippen LogP contribution in [0.2, 0.25) is 0 Å². The minimum Gasteiger partial charge on any atom is -0.247 e. The molecule has 4 heteroatoms. The Bertz CT molecular complexity index is 699. The van der Waals surface area contributed by atoms with Gasteiger partial charge in [-0.25, -0.2) is 9.07 Å². The van der Waals surface area contributed by atoms with Crippen LogP contribution < -0.4 is 0 Å². The molecular weight excluding hydrogens is 253 g/mol. The van der Waals surface area contributed by atoms with Gasteiger partial charge in [0.1, 0.15) is 11.5 Å². The minimum atomic E-state index is -0.229. The molecule has 1 aromatic heterocycles. The zero-order valence-corrected chi connectivity index (χ0v) is 11.1. The van der Waals surface area contributed by atoms with E-state index in [1.54, 1.807) is 16.8 Å². The molecule has 3 nitrogen and oxygen atoms in total. The molecular formula is C16H14FN3. The van der Waals surface area contributed by atoms with E-state index in [-0.39, 0.29) is 5.82 Å². The summed E-state index contributed by atoms with van der Waals surface area (Å²) in [5.41, 5.74) is 4.09. The number of hydrogen-bond donors (Lipinski definition) is 0. The second-order valence-electron chi connectivity index (χ2n) is 4.79. The number of aromatic nitrogens is 3. The third-order valence-corrected chi connectivity index (χ3v) is 3.14. The molecule has 3 aromatic rings. The molecule has 20 heavy (non-hydrogen) atoms. The van der Waals surface area contributed by atoms with E-state index in [0.29, 0.717) is 6.54 Å². The summed E-state index contributed by atoms with van der Waals surface area (Å²) in [5.74, 6) is -0.229. The highest BCUT2D eigenvalue weighted by Crippen LogP contribution is 2.17. The van der Waals surface area contributed by atoms with Crippen LogP contribution in [0, 0.1) is 12.7 Å². The van der Waals surface area contributed by atoms with E-state index in [1.165, 1.54) is 17.7 Å². The number of aryl methyl sites for hydroxylation is 1. The Morgan fingerprint density at radius 2 is 1.70 bits per heavy atom. The average molecular weight is 267 g/mol. The summed E-state index contributed by atoms with van der Waals surface area (Å²) >= 11 is 0. The van der Waals surface area contributed by atoms with Crippen LogP contribution in [0.3, 0.4) is 0 Å². The van der Waals surface area contributed by atoms with Crippen molar-refractivity contribution in [2.45, 2.75) is 13.5 Å². The van der Waals surface area contributed by atoms with E-state index in [1.807, 2.05) is 30.5 Å². The van der Waals surface area contributed by atoms with Gasteiger partial charge in [0.2, 0.25) is 0 Å². The van der Waals surface area contributed by atoms with Gasteiger partial charge in [-0.05, 0) is 24.6 Å². The van der Waals surface area contributed by atoms with Gasteiger partial charge < -0.3 is 0 Å². The van der Waals surface area contributed by atoms with Gasteiger partial charge in [-0.1, -0.05) is 47.2 Å². The second kappa shape index (κ2) is 5.25. The molecule has 0 spiro atoms. The number of benzene rings is 2. The third-order valence-electron chi connectivity index (χ3n) is 3.14. The summed E-state index contributed by atoms with van der Waals surface area (Å²) in [6.45, 7) is 2.63. The predicted octanol–water partition coefficient (Wildman–Crippen LogP) is 3.44. The fourth-order valence-corrected chi connectivity index (χ4v) is 2.01. The lowest BCUT2D eigenvalue weighted by atomic mass is 10.1. The second-order valence-corrected chi connectivity index (χ2v) is 4.79. The number of rotatable bonds is 3. The molecule has 0 saturated heterocycles. The first-order valence-corrected chi connectivity index (χ1v) is 6.42. The van der Waals surface area contributed by atoms with Gasteiger partial charge in [0.15, 0.2) is 0 Å². The first kappa shape index (κ1) is 12.5. The zero-order chi connectivity index (χ0) is 13.9. The SMILES string of the molecule is Cc1ccc(-c2cn(Cc3ccc(F)cc3)nn2)cc1. The van der Waals surface area contributed by atoms with Crippen molar-refractivity contribution in [3.8, 4) is 11.3 Å². The molecule has 3 rings (SSSR count). The van der Waals surface area contributed by atoms with Crippen LogP contribution in [0.5, 0.6) is 0 Å². The topological polar surface area (TPSA) is 30.7 Å². The predicted molar refractivity (Wildman–Crippen MR) is 75.7 cm³/mol. The van der Waals surface area contributed by atoms with Crippen LogP contribution in [0.1, 0.15) is 11.1 Å². The Morgan fingerprint density at radius 1 is 1.00 bits per heavy atom. The van der Waals surface area contributed by atoms with Gasteiger partial charge in [0.25, 0.3) is 0 Å². The van der Waals surface area contributed by atoms with Crippen LogP contribution in [-0.2, 0) is 6.54 Å². The molecule has 0 unspecified atom stereocenters. The highest BCUT2D eigenvalue weighted by Gasteiger charge is 2.04. The maximum atomic E-state index is 12.8. The highest BCUT2D eigenvalue weighted by molar-refractivity contribution is 5.57. The summed E-state index contributed by atoms with van der Waals surface area (Å²) in [6, 6.07) is 14.6. The quantitative estimate of drug-likeness (QED) is 0.727. The van der Waals surface area contributed by atoms with E-state index in [2.05, 4.69) is 17.2 Å². The Hall–Kier alpha value is -2.49. The Balaban J connectivity index is 1.80. The van der Waals surface area contributed by atoms with E-state index in [4.69, 9.17) is 0 Å². The molecule has 0 aliphatic heterocycles. The lowest BCUT2D eigenvalue weighted by molar-refractivity contribution is 0.621. The molecule has 0 amide bonds. The van der Waals surface area contributed by atoms with Crippen molar-refractivity contribution in [3.63, 3.8) is 0 Å². The zero-order valence-electron chi connectivity index (χ0n) is 11.1. The van der Waals surface area contributed by atoms with Crippen molar-refractivity contribution >= 4 is 0 Å². The maximum Gasteiger partial charge on any atom is 0.123 e. The van der Waals surface area contributed by atoms with E-state index in [0.717, 1.165) is 16.8 Å². The normalized spacial score (nSPS) is 10.7. The molecule has 0 bridgehead atoms. The van der Waals surface area contributed by atoms with Gasteiger partial charge in [-0.2, -0.15) is 0 Å². The lowest BCUT2D eigenvalue weighted by Crippen LogP contribution is -2.00. The summed E-state index contributed by atoms with van der Waals surface area (Å²) < 4.78 is 14.6. The first-order chi connectivity index (χ1) is 9.70. The fraction of sp³-hybridized carbons (Fsp3) is 0.125. The van der Waals surface area contributed by atoms with Gasteiger partial charge in [-0.15, -0.1) is 5.10 Å². The smallest absolute Gasteiger partial charge is 0.123 e. The standard InChI is InChI=1S/C16H14FN3/c1-12-2-6-14(7-3-12)16-11-20(19-18-16)10-13-4-8-15(17)9-5-13/h2-9,11H,10H2,1H3. The van der Waals surface area contributed by atoms with E-state index < -0.39 is 0 Å². The van der Waals surface area contributed by atoms with Crippen molar-refractivity contribution in [2.24, 2.45) is 0 Å². The largest absolute Gasteiger partial charge is 0.247 e. The van der Waals surface area contributed by atoms with Crippen LogP contribution in [-0.4, -0.2) is 15.0 Å². The van der Waals surface area contributed by atoms with E-state index >= 15 is 0 Å².